The molecule has 2 N–H and O–H groups in total. The lowest BCUT2D eigenvalue weighted by Crippen LogP contribution is -1.75. The summed E-state index contributed by atoms with van der Waals surface area (Å²) in [6, 6.07) is 0. The fraction of sp³-hybridized carbons (Fsp3) is 0. The van der Waals surface area contributed by atoms with E-state index < -0.39 is 7.69 Å². The molecular formula is H3BO2Si. The lowest BCUT2D eigenvalue weighted by atomic mass is 10.5. The third kappa shape index (κ3) is 78.1. The minimum atomic E-state index is -0.750. The summed E-state index contributed by atoms with van der Waals surface area (Å²) in [5, 5.41) is 14.2. The number of hydrogen-bond donors (Lipinski definition) is 2. The van der Waals surface area contributed by atoms with Gasteiger partial charge < -0.3 is 10.0 Å². The van der Waals surface area contributed by atoms with Crippen molar-refractivity contribution in [3.8, 4) is 0 Å². The van der Waals surface area contributed by atoms with Gasteiger partial charge in [-0.3, -0.25) is 0 Å². The van der Waals surface area contributed by atoms with E-state index in [4.69, 9.17) is 10.0 Å². The Morgan fingerprint density at radius 2 is 1.25 bits per heavy atom. The van der Waals surface area contributed by atoms with Crippen LogP contribution in [0.4, 0.5) is 0 Å². The molecule has 0 saturated heterocycles. The Kier molecular flexibility index (Phi) is 23.9. The summed E-state index contributed by atoms with van der Waals surface area (Å²) in [6.45, 7) is 0. The van der Waals surface area contributed by atoms with Gasteiger partial charge in [-0.1, -0.05) is 0 Å². The van der Waals surface area contributed by atoms with Crippen LogP contribution in [-0.2, 0) is 0 Å². The first-order valence-electron chi connectivity index (χ1n) is 0.632. The zero-order valence-electron chi connectivity index (χ0n) is 2.10. The van der Waals surface area contributed by atoms with Gasteiger partial charge in [0.2, 0.25) is 0 Å². The SMILES string of the molecule is OBO.[Si]. The van der Waals surface area contributed by atoms with E-state index in [1.54, 1.807) is 0 Å². The maximum Gasteiger partial charge on any atom is 0.432 e. The average Bonchev–Trinajstić information content (AvgIpc) is 0.918. The molecular weight excluding hydrogens is 70.9 g/mol. The van der Waals surface area contributed by atoms with Gasteiger partial charge in [0.15, 0.2) is 0 Å². The summed E-state index contributed by atoms with van der Waals surface area (Å²) < 4.78 is 0. The lowest BCUT2D eigenvalue weighted by Gasteiger charge is -1.48. The van der Waals surface area contributed by atoms with Crippen LogP contribution >= 0.6 is 0 Å². The van der Waals surface area contributed by atoms with Crippen molar-refractivity contribution in [3.63, 3.8) is 0 Å². The Hall–Kier alpha value is 0.202. The predicted octanol–water partition coefficient (Wildman–Crippen LogP) is -2.14. The maximum atomic E-state index is 7.12. The largest absolute Gasteiger partial charge is 0.432 e. The first kappa shape index (κ1) is 8.89. The van der Waals surface area contributed by atoms with Crippen molar-refractivity contribution in [2.45, 2.75) is 0 Å². The third-order valence-corrected chi connectivity index (χ3v) is 0. The molecule has 4 radical (unpaired) electrons. The van der Waals surface area contributed by atoms with E-state index in [0.29, 0.717) is 0 Å². The quantitative estimate of drug-likeness (QED) is 0.322. The highest BCUT2D eigenvalue weighted by atomic mass is 28.1. The van der Waals surface area contributed by atoms with Crippen LogP contribution in [0.2, 0.25) is 0 Å². The molecule has 0 aliphatic heterocycles. The Balaban J connectivity index is 0. The van der Waals surface area contributed by atoms with E-state index in [2.05, 4.69) is 0 Å². The van der Waals surface area contributed by atoms with E-state index in [1.807, 2.05) is 0 Å². The van der Waals surface area contributed by atoms with Crippen LogP contribution in [0.3, 0.4) is 0 Å². The number of hydrogen-bond acceptors (Lipinski definition) is 2. The molecule has 0 spiro atoms. The van der Waals surface area contributed by atoms with Crippen molar-refractivity contribution < 1.29 is 10.0 Å². The van der Waals surface area contributed by atoms with Gasteiger partial charge in [0.1, 0.15) is 0 Å². The predicted molar refractivity (Wildman–Crippen MR) is 17.3 cm³/mol. The molecule has 0 heterocycles. The Morgan fingerprint density at radius 3 is 1.25 bits per heavy atom. The molecule has 0 rings (SSSR count). The van der Waals surface area contributed by atoms with E-state index in [9.17, 15) is 0 Å². The minimum Gasteiger partial charge on any atom is -0.430 e. The maximum absolute atomic E-state index is 7.12. The van der Waals surface area contributed by atoms with Crippen molar-refractivity contribution >= 4 is 18.7 Å². The second kappa shape index (κ2) is 10.7. The monoisotopic (exact) mass is 74.0 g/mol. The van der Waals surface area contributed by atoms with Crippen LogP contribution in [0.5, 0.6) is 0 Å². The molecule has 0 atom stereocenters. The zero-order valence-corrected chi connectivity index (χ0v) is 3.10. The fourth-order valence-corrected chi connectivity index (χ4v) is 0. The summed E-state index contributed by atoms with van der Waals surface area (Å²) in [6.07, 6.45) is 0. The third-order valence-electron chi connectivity index (χ3n) is 0. The summed E-state index contributed by atoms with van der Waals surface area (Å²) in [5.74, 6) is 0. The molecule has 4 heavy (non-hydrogen) atoms. The van der Waals surface area contributed by atoms with Crippen LogP contribution in [0, 0.1) is 0 Å². The van der Waals surface area contributed by atoms with Crippen molar-refractivity contribution in [1.82, 2.24) is 0 Å². The Morgan fingerprint density at radius 1 is 1.25 bits per heavy atom. The Bertz CT molecular complexity index is 6.00. The Labute approximate surface area is 29.8 Å². The van der Waals surface area contributed by atoms with Crippen molar-refractivity contribution in [2.24, 2.45) is 0 Å². The van der Waals surface area contributed by atoms with Gasteiger partial charge in [-0.05, 0) is 0 Å². The van der Waals surface area contributed by atoms with E-state index in [1.165, 1.54) is 0 Å². The van der Waals surface area contributed by atoms with Crippen LogP contribution in [0.1, 0.15) is 0 Å². The second-order valence-corrected chi connectivity index (χ2v) is 0.141. The van der Waals surface area contributed by atoms with Gasteiger partial charge in [0, 0.05) is 11.0 Å². The van der Waals surface area contributed by atoms with E-state index >= 15 is 0 Å². The molecule has 0 aromatic carbocycles. The standard InChI is InChI=1S/BH3O2.Si/c2-1-3;/h1-3H;. The average molecular weight is 73.9 g/mol. The minimum absolute atomic E-state index is 0. The van der Waals surface area contributed by atoms with Crippen LogP contribution in [0.15, 0.2) is 0 Å². The van der Waals surface area contributed by atoms with Gasteiger partial charge in [0.05, 0.1) is 0 Å². The van der Waals surface area contributed by atoms with Crippen molar-refractivity contribution in [1.29, 1.82) is 0 Å². The molecule has 0 aliphatic rings. The molecule has 2 nitrogen and oxygen atoms in total. The molecule has 0 aromatic heterocycles. The molecule has 0 saturated carbocycles. The fourth-order valence-electron chi connectivity index (χ4n) is 0. The second-order valence-electron chi connectivity index (χ2n) is 0.141. The first-order chi connectivity index (χ1) is 1.41. The van der Waals surface area contributed by atoms with Gasteiger partial charge in [-0.2, -0.15) is 0 Å². The summed E-state index contributed by atoms with van der Waals surface area (Å²) in [4.78, 5) is 0. The molecule has 22 valence electrons. The van der Waals surface area contributed by atoms with E-state index in [-0.39, 0.29) is 11.0 Å². The molecule has 0 aromatic rings. The van der Waals surface area contributed by atoms with Gasteiger partial charge in [0.25, 0.3) is 0 Å². The topological polar surface area (TPSA) is 40.5 Å². The summed E-state index contributed by atoms with van der Waals surface area (Å²) >= 11 is 0. The molecule has 0 amide bonds. The zero-order chi connectivity index (χ0) is 2.71. The van der Waals surface area contributed by atoms with Gasteiger partial charge >= 0.3 is 7.69 Å². The number of rotatable bonds is 0. The smallest absolute Gasteiger partial charge is 0.430 e. The lowest BCUT2D eigenvalue weighted by molar-refractivity contribution is 0.448. The van der Waals surface area contributed by atoms with Crippen LogP contribution in [-0.4, -0.2) is 28.7 Å². The molecule has 0 bridgehead atoms. The van der Waals surface area contributed by atoms with Crippen molar-refractivity contribution in [2.75, 3.05) is 0 Å². The van der Waals surface area contributed by atoms with Crippen LogP contribution in [0.25, 0.3) is 0 Å². The molecule has 0 unspecified atom stereocenters. The van der Waals surface area contributed by atoms with Gasteiger partial charge in [-0.15, -0.1) is 0 Å². The van der Waals surface area contributed by atoms with Gasteiger partial charge in [-0.25, -0.2) is 0 Å². The van der Waals surface area contributed by atoms with E-state index in [0.717, 1.165) is 0 Å². The summed E-state index contributed by atoms with van der Waals surface area (Å²) in [7, 11) is -0.750. The summed E-state index contributed by atoms with van der Waals surface area (Å²) in [5.41, 5.74) is 0. The normalized spacial score (nSPS) is 3.50. The first-order valence-corrected chi connectivity index (χ1v) is 0.632. The van der Waals surface area contributed by atoms with Crippen LogP contribution < -0.4 is 0 Å². The highest BCUT2D eigenvalue weighted by molar-refractivity contribution is 6.13. The highest BCUT2D eigenvalue weighted by Crippen LogP contribution is 1.08. The van der Waals surface area contributed by atoms with Crippen molar-refractivity contribution in [3.05, 3.63) is 0 Å². The highest BCUT2D eigenvalue weighted by Gasteiger charge is 1.48. The molecule has 0 fully saturated rings. The molecule has 0 aliphatic carbocycles. The molecule has 4 heteroatoms.